The first-order chi connectivity index (χ1) is 10.1. The van der Waals surface area contributed by atoms with E-state index in [1.54, 1.807) is 24.3 Å². The maximum absolute atomic E-state index is 14.1. The van der Waals surface area contributed by atoms with Crippen LogP contribution < -0.4 is 10.5 Å². The van der Waals surface area contributed by atoms with Crippen LogP contribution in [0.3, 0.4) is 0 Å². The van der Waals surface area contributed by atoms with Crippen molar-refractivity contribution < 1.29 is 13.5 Å². The minimum atomic E-state index is -0.349. The zero-order chi connectivity index (χ0) is 15.2. The van der Waals surface area contributed by atoms with Crippen molar-refractivity contribution in [1.82, 2.24) is 0 Å². The molecule has 4 heteroatoms. The highest BCUT2D eigenvalue weighted by Crippen LogP contribution is 2.23. The standard InChI is InChI=1S/C17H19F2NO/c1-21-16-7-3-5-14(17(16)19)9-13(11-20)8-12-4-2-6-15(18)10-12/h2-7,10,13H,8-9,11,20H2,1H3. The van der Waals surface area contributed by atoms with Gasteiger partial charge in [0.1, 0.15) is 5.82 Å². The Kier molecular flexibility index (Phi) is 5.28. The van der Waals surface area contributed by atoms with E-state index in [2.05, 4.69) is 0 Å². The largest absolute Gasteiger partial charge is 0.494 e. The number of nitrogens with two attached hydrogens (primary N) is 1. The van der Waals surface area contributed by atoms with Crippen LogP contribution in [0.1, 0.15) is 11.1 Å². The lowest BCUT2D eigenvalue weighted by molar-refractivity contribution is 0.382. The van der Waals surface area contributed by atoms with E-state index in [1.165, 1.54) is 19.2 Å². The Morgan fingerprint density at radius 2 is 1.86 bits per heavy atom. The molecule has 0 heterocycles. The lowest BCUT2D eigenvalue weighted by Gasteiger charge is -2.16. The molecule has 2 aromatic carbocycles. The molecule has 0 fully saturated rings. The number of halogens is 2. The Morgan fingerprint density at radius 1 is 1.10 bits per heavy atom. The van der Waals surface area contributed by atoms with E-state index >= 15 is 0 Å². The molecule has 0 aliphatic rings. The van der Waals surface area contributed by atoms with Crippen LogP contribution in [0.4, 0.5) is 8.78 Å². The number of benzene rings is 2. The van der Waals surface area contributed by atoms with Gasteiger partial charge in [0.15, 0.2) is 11.6 Å². The summed E-state index contributed by atoms with van der Waals surface area (Å²) < 4.78 is 32.3. The monoisotopic (exact) mass is 291 g/mol. The quantitative estimate of drug-likeness (QED) is 0.886. The average Bonchev–Trinajstić information content (AvgIpc) is 2.48. The lowest BCUT2D eigenvalue weighted by atomic mass is 9.92. The molecule has 0 aliphatic heterocycles. The van der Waals surface area contributed by atoms with Gasteiger partial charge in [-0.25, -0.2) is 8.78 Å². The van der Waals surface area contributed by atoms with Gasteiger partial charge in [-0.2, -0.15) is 0 Å². The summed E-state index contributed by atoms with van der Waals surface area (Å²) in [4.78, 5) is 0. The predicted molar refractivity (Wildman–Crippen MR) is 79.3 cm³/mol. The summed E-state index contributed by atoms with van der Waals surface area (Å²) in [6, 6.07) is 11.5. The molecule has 1 atom stereocenters. The SMILES string of the molecule is COc1cccc(CC(CN)Cc2cccc(F)c2)c1F. The summed E-state index contributed by atoms with van der Waals surface area (Å²) in [5, 5.41) is 0. The zero-order valence-electron chi connectivity index (χ0n) is 12.0. The van der Waals surface area contributed by atoms with E-state index < -0.39 is 0 Å². The first-order valence-corrected chi connectivity index (χ1v) is 6.90. The molecule has 2 nitrogen and oxygen atoms in total. The lowest BCUT2D eigenvalue weighted by Crippen LogP contribution is -2.20. The fourth-order valence-corrected chi connectivity index (χ4v) is 2.42. The minimum absolute atomic E-state index is 0.0495. The summed E-state index contributed by atoms with van der Waals surface area (Å²) in [6.07, 6.45) is 1.11. The first kappa shape index (κ1) is 15.4. The third-order valence-corrected chi connectivity index (χ3v) is 3.52. The molecule has 0 saturated carbocycles. The van der Waals surface area contributed by atoms with E-state index in [4.69, 9.17) is 10.5 Å². The molecule has 0 aliphatic carbocycles. The van der Waals surface area contributed by atoms with E-state index in [9.17, 15) is 8.78 Å². The Morgan fingerprint density at radius 3 is 2.52 bits per heavy atom. The Labute approximate surface area is 123 Å². The third kappa shape index (κ3) is 4.02. The van der Waals surface area contributed by atoms with Gasteiger partial charge in [-0.1, -0.05) is 24.3 Å². The highest BCUT2D eigenvalue weighted by atomic mass is 19.1. The van der Waals surface area contributed by atoms with Crippen molar-refractivity contribution in [2.24, 2.45) is 11.7 Å². The van der Waals surface area contributed by atoms with Crippen LogP contribution in [0.15, 0.2) is 42.5 Å². The van der Waals surface area contributed by atoms with Crippen LogP contribution in [-0.2, 0) is 12.8 Å². The smallest absolute Gasteiger partial charge is 0.168 e. The second-order valence-corrected chi connectivity index (χ2v) is 5.07. The van der Waals surface area contributed by atoms with Gasteiger partial charge < -0.3 is 10.5 Å². The number of methoxy groups -OCH3 is 1. The van der Waals surface area contributed by atoms with Gasteiger partial charge in [0.05, 0.1) is 7.11 Å². The fraction of sp³-hybridized carbons (Fsp3) is 0.294. The third-order valence-electron chi connectivity index (χ3n) is 3.52. The van der Waals surface area contributed by atoms with Crippen LogP contribution in [0.2, 0.25) is 0 Å². The van der Waals surface area contributed by atoms with Gasteiger partial charge in [-0.3, -0.25) is 0 Å². The van der Waals surface area contributed by atoms with E-state index in [0.29, 0.717) is 24.9 Å². The van der Waals surface area contributed by atoms with Crippen LogP contribution in [0.5, 0.6) is 5.75 Å². The molecule has 2 aromatic rings. The van der Waals surface area contributed by atoms with E-state index in [0.717, 1.165) is 5.56 Å². The van der Waals surface area contributed by atoms with Crippen molar-refractivity contribution >= 4 is 0 Å². The Balaban J connectivity index is 2.12. The predicted octanol–water partition coefficient (Wildman–Crippen LogP) is 3.33. The van der Waals surface area contributed by atoms with Crippen molar-refractivity contribution in [3.8, 4) is 5.75 Å². The van der Waals surface area contributed by atoms with Crippen molar-refractivity contribution in [1.29, 1.82) is 0 Å². The summed E-state index contributed by atoms with van der Waals surface area (Å²) in [6.45, 7) is 0.410. The molecule has 21 heavy (non-hydrogen) atoms. The van der Waals surface area contributed by atoms with Crippen LogP contribution in [0.25, 0.3) is 0 Å². The molecular weight excluding hydrogens is 272 g/mol. The average molecular weight is 291 g/mol. The summed E-state index contributed by atoms with van der Waals surface area (Å²) in [5.74, 6) is -0.337. The van der Waals surface area contributed by atoms with Crippen molar-refractivity contribution in [2.75, 3.05) is 13.7 Å². The molecule has 0 aromatic heterocycles. The molecule has 0 bridgehead atoms. The molecular formula is C17H19F2NO. The van der Waals surface area contributed by atoms with Gasteiger partial charge in [0, 0.05) is 0 Å². The van der Waals surface area contributed by atoms with Gasteiger partial charge >= 0.3 is 0 Å². The number of rotatable bonds is 6. The number of hydrogen-bond donors (Lipinski definition) is 1. The molecule has 112 valence electrons. The summed E-state index contributed by atoms with van der Waals surface area (Å²) in [5.41, 5.74) is 7.22. The number of ether oxygens (including phenoxy) is 1. The molecule has 0 radical (unpaired) electrons. The molecule has 0 saturated heterocycles. The van der Waals surface area contributed by atoms with Crippen LogP contribution in [-0.4, -0.2) is 13.7 Å². The molecule has 2 N–H and O–H groups in total. The van der Waals surface area contributed by atoms with E-state index in [1.807, 2.05) is 6.07 Å². The summed E-state index contributed by atoms with van der Waals surface area (Å²) in [7, 11) is 1.44. The maximum Gasteiger partial charge on any atom is 0.168 e. The second-order valence-electron chi connectivity index (χ2n) is 5.07. The zero-order valence-corrected chi connectivity index (χ0v) is 12.0. The van der Waals surface area contributed by atoms with Gasteiger partial charge in [0.25, 0.3) is 0 Å². The van der Waals surface area contributed by atoms with Gasteiger partial charge in [-0.05, 0) is 54.6 Å². The van der Waals surface area contributed by atoms with Crippen LogP contribution >= 0.6 is 0 Å². The maximum atomic E-state index is 14.1. The highest BCUT2D eigenvalue weighted by molar-refractivity contribution is 5.31. The molecule has 2 rings (SSSR count). The Bertz CT molecular complexity index is 601. The normalized spacial score (nSPS) is 12.2. The topological polar surface area (TPSA) is 35.2 Å². The van der Waals surface area contributed by atoms with Crippen molar-refractivity contribution in [3.63, 3.8) is 0 Å². The highest BCUT2D eigenvalue weighted by Gasteiger charge is 2.14. The molecule has 0 spiro atoms. The van der Waals surface area contributed by atoms with Gasteiger partial charge in [0.2, 0.25) is 0 Å². The van der Waals surface area contributed by atoms with E-state index in [-0.39, 0.29) is 23.3 Å². The first-order valence-electron chi connectivity index (χ1n) is 6.90. The second kappa shape index (κ2) is 7.18. The minimum Gasteiger partial charge on any atom is -0.494 e. The van der Waals surface area contributed by atoms with Gasteiger partial charge in [-0.15, -0.1) is 0 Å². The van der Waals surface area contributed by atoms with Crippen molar-refractivity contribution in [2.45, 2.75) is 12.8 Å². The Hall–Kier alpha value is -1.94. The molecule has 0 amide bonds. The fourth-order valence-electron chi connectivity index (χ4n) is 2.42. The molecule has 1 unspecified atom stereocenters. The van der Waals surface area contributed by atoms with Crippen molar-refractivity contribution in [3.05, 3.63) is 65.2 Å². The number of hydrogen-bond acceptors (Lipinski definition) is 2. The van der Waals surface area contributed by atoms with Crippen LogP contribution in [0, 0.1) is 17.6 Å². The summed E-state index contributed by atoms with van der Waals surface area (Å²) >= 11 is 0.